The van der Waals surface area contributed by atoms with E-state index in [0.29, 0.717) is 19.6 Å². The van der Waals surface area contributed by atoms with Crippen LogP contribution in [0.2, 0.25) is 0 Å². The van der Waals surface area contributed by atoms with Crippen molar-refractivity contribution < 1.29 is 9.53 Å². The number of hydrogen-bond acceptors (Lipinski definition) is 6. The molecule has 0 spiro atoms. The van der Waals surface area contributed by atoms with E-state index < -0.39 is 0 Å². The van der Waals surface area contributed by atoms with Gasteiger partial charge in [-0.05, 0) is 31.4 Å². The molecule has 0 atom stereocenters. The number of fused-ring (bicyclic) bond motifs is 3. The summed E-state index contributed by atoms with van der Waals surface area (Å²) in [5.74, 6) is 0.917. The van der Waals surface area contributed by atoms with Gasteiger partial charge in [-0.2, -0.15) is 0 Å². The Labute approximate surface area is 157 Å². The predicted octanol–water partition coefficient (Wildman–Crippen LogP) is 2.54. The summed E-state index contributed by atoms with van der Waals surface area (Å²) in [6, 6.07) is 3.98. The molecule has 0 N–H and O–H groups in total. The molecule has 3 aromatic heterocycles. The fourth-order valence-corrected chi connectivity index (χ4v) is 3.83. The summed E-state index contributed by atoms with van der Waals surface area (Å²) in [6.45, 7) is 3.05. The van der Waals surface area contributed by atoms with Crippen LogP contribution in [-0.4, -0.2) is 51.4 Å². The number of aryl methyl sites for hydroxylation is 1. The highest BCUT2D eigenvalue weighted by Gasteiger charge is 2.22. The van der Waals surface area contributed by atoms with Crippen LogP contribution in [-0.2, 0) is 11.2 Å². The van der Waals surface area contributed by atoms with Crippen LogP contribution in [0.3, 0.4) is 0 Å². The molecule has 0 saturated carbocycles. The van der Waals surface area contributed by atoms with Crippen LogP contribution >= 0.6 is 0 Å². The first-order valence-electron chi connectivity index (χ1n) is 9.49. The van der Waals surface area contributed by atoms with Crippen molar-refractivity contribution in [2.24, 2.45) is 0 Å². The Morgan fingerprint density at radius 3 is 2.56 bits per heavy atom. The third-order valence-electron chi connectivity index (χ3n) is 5.29. The molecule has 0 unspecified atom stereocenters. The van der Waals surface area contributed by atoms with Crippen molar-refractivity contribution in [3.63, 3.8) is 0 Å². The van der Waals surface area contributed by atoms with Gasteiger partial charge in [0.2, 0.25) is 5.95 Å². The molecule has 138 valence electrons. The Morgan fingerprint density at radius 2 is 1.74 bits per heavy atom. The fraction of sp³-hybridized carbons (Fsp3) is 0.400. The highest BCUT2D eigenvalue weighted by atomic mass is 16.5. The zero-order chi connectivity index (χ0) is 18.2. The van der Waals surface area contributed by atoms with Gasteiger partial charge < -0.3 is 9.64 Å². The number of morpholine rings is 1. The maximum Gasteiger partial charge on any atom is 0.225 e. The van der Waals surface area contributed by atoms with E-state index in [-0.39, 0.29) is 5.78 Å². The Balaban J connectivity index is 1.50. The van der Waals surface area contributed by atoms with E-state index in [2.05, 4.69) is 19.9 Å². The quantitative estimate of drug-likeness (QED) is 0.652. The molecular weight excluding hydrogens is 342 g/mol. The van der Waals surface area contributed by atoms with E-state index in [4.69, 9.17) is 4.74 Å². The lowest BCUT2D eigenvalue weighted by Gasteiger charge is -2.26. The highest BCUT2D eigenvalue weighted by molar-refractivity contribution is 5.97. The van der Waals surface area contributed by atoms with Crippen molar-refractivity contribution in [3.05, 3.63) is 42.1 Å². The molecule has 1 fully saturated rings. The first-order valence-corrected chi connectivity index (χ1v) is 9.49. The van der Waals surface area contributed by atoms with Gasteiger partial charge in [-0.15, -0.1) is 0 Å². The lowest BCUT2D eigenvalue weighted by Crippen LogP contribution is -2.37. The molecule has 1 aliphatic carbocycles. The molecule has 5 rings (SSSR count). The third kappa shape index (κ3) is 2.98. The van der Waals surface area contributed by atoms with Crippen LogP contribution in [0.25, 0.3) is 16.8 Å². The predicted molar refractivity (Wildman–Crippen MR) is 101 cm³/mol. The third-order valence-corrected chi connectivity index (χ3v) is 5.29. The van der Waals surface area contributed by atoms with Gasteiger partial charge in [0.05, 0.1) is 18.9 Å². The van der Waals surface area contributed by atoms with E-state index >= 15 is 0 Å². The van der Waals surface area contributed by atoms with Gasteiger partial charge in [-0.3, -0.25) is 9.20 Å². The number of nitrogens with zero attached hydrogens (tertiary/aromatic N) is 5. The van der Waals surface area contributed by atoms with Gasteiger partial charge in [0.15, 0.2) is 5.78 Å². The van der Waals surface area contributed by atoms with Crippen molar-refractivity contribution in [1.82, 2.24) is 19.4 Å². The maximum absolute atomic E-state index is 12.5. The number of ketones is 1. The molecule has 0 radical (unpaired) electrons. The Hall–Kier alpha value is -2.80. The van der Waals surface area contributed by atoms with Crippen molar-refractivity contribution >= 4 is 17.4 Å². The Kier molecular flexibility index (Phi) is 4.09. The van der Waals surface area contributed by atoms with Gasteiger partial charge >= 0.3 is 0 Å². The van der Waals surface area contributed by atoms with Crippen LogP contribution in [0.15, 0.2) is 30.7 Å². The minimum Gasteiger partial charge on any atom is -0.378 e. The second-order valence-electron chi connectivity index (χ2n) is 7.05. The van der Waals surface area contributed by atoms with Gasteiger partial charge in [-0.1, -0.05) is 0 Å². The summed E-state index contributed by atoms with van der Waals surface area (Å²) in [7, 11) is 0. The van der Waals surface area contributed by atoms with Gasteiger partial charge in [-0.25, -0.2) is 15.0 Å². The summed E-state index contributed by atoms with van der Waals surface area (Å²) < 4.78 is 7.32. The van der Waals surface area contributed by atoms with E-state index in [1.807, 2.05) is 35.1 Å². The second-order valence-corrected chi connectivity index (χ2v) is 7.05. The molecule has 1 saturated heterocycles. The number of ether oxygens (including phenoxy) is 1. The SMILES string of the molecule is O=C1CCCCc2nc3ccc(-c4cnc(N5CCOCC5)nc4)cn3c21. The van der Waals surface area contributed by atoms with E-state index in [9.17, 15) is 4.79 Å². The lowest BCUT2D eigenvalue weighted by molar-refractivity contribution is 0.0976. The Morgan fingerprint density at radius 1 is 0.963 bits per heavy atom. The number of aromatic nitrogens is 4. The Bertz CT molecular complexity index is 990. The first-order chi connectivity index (χ1) is 13.3. The number of hydrogen-bond donors (Lipinski definition) is 0. The smallest absolute Gasteiger partial charge is 0.225 e. The number of rotatable bonds is 2. The average molecular weight is 363 g/mol. The minimum atomic E-state index is 0.186. The lowest BCUT2D eigenvalue weighted by atomic mass is 10.1. The number of anilines is 1. The number of imidazole rings is 1. The van der Waals surface area contributed by atoms with Crippen molar-refractivity contribution in [1.29, 1.82) is 0 Å². The number of carbonyl (C=O) groups is 1. The molecule has 0 aromatic carbocycles. The number of carbonyl (C=O) groups excluding carboxylic acids is 1. The normalized spacial score (nSPS) is 17.8. The van der Waals surface area contributed by atoms with Crippen molar-refractivity contribution in [2.45, 2.75) is 25.7 Å². The molecule has 27 heavy (non-hydrogen) atoms. The standard InChI is InChI=1S/C20H21N5O2/c26-17-4-2-1-3-16-19(17)25-13-14(5-6-18(25)23-16)15-11-21-20(22-12-15)24-7-9-27-10-8-24/h5-6,11-13H,1-4,7-10H2. The van der Waals surface area contributed by atoms with Crippen LogP contribution in [0.4, 0.5) is 5.95 Å². The molecule has 0 bridgehead atoms. The zero-order valence-electron chi connectivity index (χ0n) is 15.1. The van der Waals surface area contributed by atoms with E-state index in [1.54, 1.807) is 0 Å². The van der Waals surface area contributed by atoms with Gasteiger partial charge in [0.1, 0.15) is 11.3 Å². The number of Topliss-reactive ketones (excluding diaryl/α,β-unsaturated/α-hetero) is 1. The highest BCUT2D eigenvalue weighted by Crippen LogP contribution is 2.25. The van der Waals surface area contributed by atoms with Crippen molar-refractivity contribution in [3.8, 4) is 11.1 Å². The zero-order valence-corrected chi connectivity index (χ0v) is 15.1. The average Bonchev–Trinajstić information content (AvgIpc) is 2.99. The molecule has 2 aliphatic rings. The van der Waals surface area contributed by atoms with Crippen LogP contribution in [0.1, 0.15) is 35.4 Å². The van der Waals surface area contributed by atoms with Crippen LogP contribution < -0.4 is 4.90 Å². The molecule has 0 amide bonds. The largest absolute Gasteiger partial charge is 0.378 e. The molecule has 7 heteroatoms. The second kappa shape index (κ2) is 6.74. The first kappa shape index (κ1) is 16.4. The molecular formula is C20H21N5O2. The van der Waals surface area contributed by atoms with E-state index in [0.717, 1.165) is 66.5 Å². The molecule has 7 nitrogen and oxygen atoms in total. The summed E-state index contributed by atoms with van der Waals surface area (Å²) >= 11 is 0. The molecule has 1 aliphatic heterocycles. The van der Waals surface area contributed by atoms with Crippen LogP contribution in [0.5, 0.6) is 0 Å². The molecule has 3 aromatic rings. The summed E-state index contributed by atoms with van der Waals surface area (Å²) in [4.78, 5) is 28.4. The van der Waals surface area contributed by atoms with Crippen molar-refractivity contribution in [2.75, 3.05) is 31.2 Å². The van der Waals surface area contributed by atoms with Gasteiger partial charge in [0.25, 0.3) is 0 Å². The summed E-state index contributed by atoms with van der Waals surface area (Å²) in [6.07, 6.45) is 9.10. The summed E-state index contributed by atoms with van der Waals surface area (Å²) in [5.41, 5.74) is 4.40. The minimum absolute atomic E-state index is 0.186. The fourth-order valence-electron chi connectivity index (χ4n) is 3.83. The molecule has 4 heterocycles. The summed E-state index contributed by atoms with van der Waals surface area (Å²) in [5, 5.41) is 0. The monoisotopic (exact) mass is 363 g/mol. The van der Waals surface area contributed by atoms with Gasteiger partial charge in [0, 0.05) is 49.2 Å². The topological polar surface area (TPSA) is 72.6 Å². The van der Waals surface area contributed by atoms with E-state index in [1.165, 1.54) is 0 Å². The van der Waals surface area contributed by atoms with Crippen LogP contribution in [0, 0.1) is 0 Å². The maximum atomic E-state index is 12.5. The number of pyridine rings is 1.